The summed E-state index contributed by atoms with van der Waals surface area (Å²) in [6, 6.07) is 0. The minimum Gasteiger partial charge on any atom is -0.351 e. The van der Waals surface area contributed by atoms with Gasteiger partial charge in [0, 0.05) is 6.20 Å². The van der Waals surface area contributed by atoms with Crippen molar-refractivity contribution in [1.29, 1.82) is 0 Å². The number of rotatable bonds is 2. The van der Waals surface area contributed by atoms with Crippen molar-refractivity contribution in [2.45, 2.75) is 0 Å². The average molecular weight is 156 g/mol. The Morgan fingerprint density at radius 3 is 3.27 bits per heavy atom. The fourth-order valence-corrected chi connectivity index (χ4v) is 0.558. The van der Waals surface area contributed by atoms with E-state index in [2.05, 4.69) is 20.6 Å². The van der Waals surface area contributed by atoms with Gasteiger partial charge in [0.1, 0.15) is 0 Å². The van der Waals surface area contributed by atoms with Gasteiger partial charge >= 0.3 is 6.09 Å². The van der Waals surface area contributed by atoms with E-state index in [0.717, 1.165) is 0 Å². The third-order valence-corrected chi connectivity index (χ3v) is 0.968. The molecule has 0 saturated carbocycles. The van der Waals surface area contributed by atoms with E-state index in [4.69, 9.17) is 5.73 Å². The summed E-state index contributed by atoms with van der Waals surface area (Å²) in [6.07, 6.45) is 2.28. The van der Waals surface area contributed by atoms with Crippen LogP contribution in [-0.4, -0.2) is 19.0 Å². The normalized spacial score (nSPS) is 14.7. The number of hydrogen-bond donors (Lipinski definition) is 3. The molecular weight excluding hydrogens is 148 g/mol. The molecule has 0 aromatic carbocycles. The fourth-order valence-electron chi connectivity index (χ4n) is 0.558. The molecule has 0 saturated heterocycles. The van der Waals surface area contributed by atoms with E-state index in [-0.39, 0.29) is 0 Å². The molecule has 1 aliphatic rings. The maximum absolute atomic E-state index is 10.1. The highest BCUT2D eigenvalue weighted by Gasteiger charge is 1.99. The van der Waals surface area contributed by atoms with Gasteiger partial charge in [-0.2, -0.15) is 0 Å². The maximum Gasteiger partial charge on any atom is 0.428 e. The van der Waals surface area contributed by atoms with Crippen LogP contribution in [0.1, 0.15) is 0 Å². The Morgan fingerprint density at radius 1 is 1.91 bits per heavy atom. The monoisotopic (exact) mass is 156 g/mol. The first-order valence-electron chi connectivity index (χ1n) is 2.95. The highest BCUT2D eigenvalue weighted by Crippen LogP contribution is 1.90. The summed E-state index contributed by atoms with van der Waals surface area (Å²) in [4.78, 5) is 18.2. The van der Waals surface area contributed by atoms with Crippen LogP contribution in [0.2, 0.25) is 0 Å². The van der Waals surface area contributed by atoms with Gasteiger partial charge in [0.15, 0.2) is 0 Å². The molecule has 1 amide bonds. The van der Waals surface area contributed by atoms with Gasteiger partial charge in [-0.25, -0.2) is 10.3 Å². The standard InChI is InChI=1S/C5H8N4O2/c6-5(10)11-9-4-1-7-3-8-2-4/h1,3,9H,2H2,(H2,6,10)(H,7,8). The zero-order valence-electron chi connectivity index (χ0n) is 5.70. The topological polar surface area (TPSA) is 88.7 Å². The van der Waals surface area contributed by atoms with Crippen molar-refractivity contribution in [2.24, 2.45) is 10.7 Å². The van der Waals surface area contributed by atoms with Crippen LogP contribution < -0.4 is 16.5 Å². The number of nitrogens with one attached hydrogen (secondary N) is 2. The number of carbonyl (C=O) groups excluding carboxylic acids is 1. The van der Waals surface area contributed by atoms with E-state index in [1.54, 1.807) is 6.20 Å². The molecule has 4 N–H and O–H groups in total. The van der Waals surface area contributed by atoms with Gasteiger partial charge in [-0.3, -0.25) is 4.99 Å². The lowest BCUT2D eigenvalue weighted by Crippen LogP contribution is -2.27. The molecule has 6 nitrogen and oxygen atoms in total. The molecule has 60 valence electrons. The van der Waals surface area contributed by atoms with Crippen LogP contribution in [0.3, 0.4) is 0 Å². The number of aliphatic imine (C=N–C) groups is 1. The second-order valence-electron chi connectivity index (χ2n) is 1.83. The van der Waals surface area contributed by atoms with E-state index in [0.29, 0.717) is 12.2 Å². The Morgan fingerprint density at radius 2 is 2.73 bits per heavy atom. The Balaban J connectivity index is 2.26. The van der Waals surface area contributed by atoms with E-state index in [1.165, 1.54) is 6.34 Å². The number of hydroxylamine groups is 1. The summed E-state index contributed by atoms with van der Waals surface area (Å²) >= 11 is 0. The van der Waals surface area contributed by atoms with Crippen LogP contribution in [0.4, 0.5) is 4.79 Å². The largest absolute Gasteiger partial charge is 0.428 e. The van der Waals surface area contributed by atoms with Crippen molar-refractivity contribution in [3.05, 3.63) is 11.9 Å². The molecule has 11 heavy (non-hydrogen) atoms. The number of carbonyl (C=O) groups is 1. The number of nitrogens with zero attached hydrogens (tertiary/aromatic N) is 1. The highest BCUT2D eigenvalue weighted by atomic mass is 16.7. The second-order valence-corrected chi connectivity index (χ2v) is 1.83. The predicted octanol–water partition coefficient (Wildman–Crippen LogP) is -0.941. The molecule has 1 rings (SSSR count). The lowest BCUT2D eigenvalue weighted by atomic mass is 10.5. The average Bonchev–Trinajstić information content (AvgIpc) is 2.03. The third-order valence-electron chi connectivity index (χ3n) is 0.968. The van der Waals surface area contributed by atoms with E-state index in [9.17, 15) is 4.79 Å². The van der Waals surface area contributed by atoms with Crippen LogP contribution in [-0.2, 0) is 4.84 Å². The molecule has 1 heterocycles. The molecule has 0 spiro atoms. The zero-order valence-corrected chi connectivity index (χ0v) is 5.70. The summed E-state index contributed by atoms with van der Waals surface area (Å²) in [7, 11) is 0. The molecule has 0 radical (unpaired) electrons. The first-order chi connectivity index (χ1) is 5.29. The Hall–Kier alpha value is -1.72. The van der Waals surface area contributed by atoms with Crippen LogP contribution in [0.25, 0.3) is 0 Å². The number of primary amides is 1. The molecule has 6 heteroatoms. The maximum atomic E-state index is 10.1. The molecule has 0 fully saturated rings. The van der Waals surface area contributed by atoms with E-state index < -0.39 is 6.09 Å². The van der Waals surface area contributed by atoms with Crippen molar-refractivity contribution in [3.63, 3.8) is 0 Å². The zero-order chi connectivity index (χ0) is 8.10. The smallest absolute Gasteiger partial charge is 0.351 e. The van der Waals surface area contributed by atoms with Crippen LogP contribution in [0.15, 0.2) is 16.9 Å². The molecule has 0 aliphatic carbocycles. The van der Waals surface area contributed by atoms with Gasteiger partial charge in [0.05, 0.1) is 18.6 Å². The van der Waals surface area contributed by atoms with Gasteiger partial charge in [0.2, 0.25) is 0 Å². The first kappa shape index (κ1) is 7.39. The summed E-state index contributed by atoms with van der Waals surface area (Å²) in [5, 5.41) is 2.71. The van der Waals surface area contributed by atoms with E-state index in [1.807, 2.05) is 0 Å². The minimum absolute atomic E-state index is 0.445. The van der Waals surface area contributed by atoms with E-state index >= 15 is 0 Å². The Kier molecular flexibility index (Phi) is 2.32. The van der Waals surface area contributed by atoms with Crippen molar-refractivity contribution in [1.82, 2.24) is 10.8 Å². The number of nitrogens with two attached hydrogens (primary N) is 1. The van der Waals surface area contributed by atoms with Gasteiger partial charge in [-0.1, -0.05) is 0 Å². The van der Waals surface area contributed by atoms with Gasteiger partial charge in [0.25, 0.3) is 0 Å². The first-order valence-corrected chi connectivity index (χ1v) is 2.95. The molecular formula is C5H8N4O2. The van der Waals surface area contributed by atoms with Crippen molar-refractivity contribution >= 4 is 12.4 Å². The third kappa shape index (κ3) is 2.57. The minimum atomic E-state index is -0.875. The summed E-state index contributed by atoms with van der Waals surface area (Å²) in [6.45, 7) is 0.445. The van der Waals surface area contributed by atoms with Gasteiger partial charge in [-0.15, -0.1) is 0 Å². The molecule has 0 unspecified atom stereocenters. The van der Waals surface area contributed by atoms with Gasteiger partial charge in [-0.05, 0) is 0 Å². The summed E-state index contributed by atoms with van der Waals surface area (Å²) < 4.78 is 0. The number of hydrogen-bond acceptors (Lipinski definition) is 5. The van der Waals surface area contributed by atoms with Crippen molar-refractivity contribution < 1.29 is 9.63 Å². The van der Waals surface area contributed by atoms with Crippen LogP contribution in [0, 0.1) is 0 Å². The van der Waals surface area contributed by atoms with Crippen molar-refractivity contribution in [2.75, 3.05) is 6.54 Å². The quantitative estimate of drug-likeness (QED) is 0.450. The Labute approximate surface area is 63.1 Å². The molecule has 0 bridgehead atoms. The van der Waals surface area contributed by atoms with Crippen LogP contribution >= 0.6 is 0 Å². The van der Waals surface area contributed by atoms with Crippen LogP contribution in [0.5, 0.6) is 0 Å². The number of amides is 1. The lowest BCUT2D eigenvalue weighted by Gasteiger charge is -2.09. The Bertz CT molecular complexity index is 211. The molecule has 0 aromatic heterocycles. The molecule has 0 aromatic rings. The summed E-state index contributed by atoms with van der Waals surface area (Å²) in [5.41, 5.74) is 7.68. The molecule has 0 atom stereocenters. The lowest BCUT2D eigenvalue weighted by molar-refractivity contribution is 0.114. The molecule has 1 aliphatic heterocycles. The van der Waals surface area contributed by atoms with Crippen molar-refractivity contribution in [3.8, 4) is 0 Å². The second kappa shape index (κ2) is 3.45. The fraction of sp³-hybridized carbons (Fsp3) is 0.200. The summed E-state index contributed by atoms with van der Waals surface area (Å²) in [5.74, 6) is 0. The van der Waals surface area contributed by atoms with Gasteiger partial charge < -0.3 is 15.9 Å². The predicted molar refractivity (Wildman–Crippen MR) is 38.4 cm³/mol. The highest BCUT2D eigenvalue weighted by molar-refractivity contribution is 5.64. The SMILES string of the molecule is NC(=O)ONC1=CNC=NC1.